The maximum absolute atomic E-state index is 12.2. The zero-order valence-electron chi connectivity index (χ0n) is 13.9. The monoisotopic (exact) mass is 377 g/mol. The highest BCUT2D eigenvalue weighted by atomic mass is 32.2. The maximum Gasteiger partial charge on any atom is 0.339 e. The first-order valence-corrected chi connectivity index (χ1v) is 9.29. The van der Waals surface area contributed by atoms with Gasteiger partial charge in [0, 0.05) is 17.9 Å². The molecule has 2 aromatic rings. The summed E-state index contributed by atoms with van der Waals surface area (Å²) in [4.78, 5) is 34.1. The molecule has 136 valence electrons. The molecular formula is C17H15NO7S. The van der Waals surface area contributed by atoms with Gasteiger partial charge in [-0.15, -0.1) is 0 Å². The van der Waals surface area contributed by atoms with Crippen LogP contribution in [0.3, 0.4) is 0 Å². The van der Waals surface area contributed by atoms with Crippen LogP contribution in [0.25, 0.3) is 0 Å². The molecule has 9 heteroatoms. The fourth-order valence-corrected chi connectivity index (χ4v) is 3.05. The van der Waals surface area contributed by atoms with Gasteiger partial charge in [0.05, 0.1) is 10.5 Å². The highest BCUT2D eigenvalue weighted by Crippen LogP contribution is 2.25. The number of nitro benzene ring substituents is 1. The second-order valence-electron chi connectivity index (χ2n) is 5.49. The van der Waals surface area contributed by atoms with E-state index < -0.39 is 43.2 Å². The molecule has 0 aliphatic carbocycles. The van der Waals surface area contributed by atoms with Crippen molar-refractivity contribution in [1.29, 1.82) is 0 Å². The van der Waals surface area contributed by atoms with Gasteiger partial charge in [-0.3, -0.25) is 14.9 Å². The van der Waals surface area contributed by atoms with E-state index in [1.165, 1.54) is 6.92 Å². The highest BCUT2D eigenvalue weighted by molar-refractivity contribution is 7.90. The smallest absolute Gasteiger partial charge is 0.339 e. The van der Waals surface area contributed by atoms with Gasteiger partial charge in [-0.2, -0.15) is 0 Å². The molecular weight excluding hydrogens is 362 g/mol. The molecule has 1 atom stereocenters. The molecule has 0 N–H and O–H groups in total. The molecule has 2 aromatic carbocycles. The summed E-state index contributed by atoms with van der Waals surface area (Å²) in [7, 11) is -3.84. The summed E-state index contributed by atoms with van der Waals surface area (Å²) < 4.78 is 28.2. The Hall–Kier alpha value is -3.07. The van der Waals surface area contributed by atoms with Crippen molar-refractivity contribution in [3.05, 3.63) is 69.8 Å². The second kappa shape index (κ2) is 7.44. The minimum Gasteiger partial charge on any atom is -0.451 e. The number of rotatable bonds is 6. The molecule has 0 aliphatic rings. The lowest BCUT2D eigenvalue weighted by atomic mass is 10.1. The van der Waals surface area contributed by atoms with Gasteiger partial charge in [0.25, 0.3) is 5.69 Å². The first-order valence-electron chi connectivity index (χ1n) is 7.40. The molecule has 0 saturated carbocycles. The fourth-order valence-electron chi connectivity index (χ4n) is 2.22. The lowest BCUT2D eigenvalue weighted by Gasteiger charge is -2.12. The average molecular weight is 377 g/mol. The van der Waals surface area contributed by atoms with Crippen molar-refractivity contribution in [3.63, 3.8) is 0 Å². The van der Waals surface area contributed by atoms with Crippen molar-refractivity contribution in [2.24, 2.45) is 0 Å². The molecule has 0 radical (unpaired) electrons. The molecule has 0 spiro atoms. The number of nitrogens with zero attached hydrogens (tertiary/aromatic N) is 1. The molecule has 0 bridgehead atoms. The van der Waals surface area contributed by atoms with E-state index in [0.717, 1.165) is 24.5 Å². The summed E-state index contributed by atoms with van der Waals surface area (Å²) in [6, 6.07) is 11.1. The third-order valence-electron chi connectivity index (χ3n) is 3.50. The van der Waals surface area contributed by atoms with Gasteiger partial charge in [0.1, 0.15) is 4.90 Å². The molecule has 26 heavy (non-hydrogen) atoms. The number of benzene rings is 2. The summed E-state index contributed by atoms with van der Waals surface area (Å²) in [5.74, 6) is -1.40. The number of sulfone groups is 1. The second-order valence-corrected chi connectivity index (χ2v) is 7.47. The summed E-state index contributed by atoms with van der Waals surface area (Å²) >= 11 is 0. The molecule has 0 amide bonds. The summed E-state index contributed by atoms with van der Waals surface area (Å²) in [5, 5.41) is 11.1. The van der Waals surface area contributed by atoms with Crippen LogP contribution in [0.2, 0.25) is 0 Å². The minimum absolute atomic E-state index is 0.225. The standard InChI is InChI=1S/C17H15NO7S/c1-11(16(19)12-6-4-3-5-7-12)25-17(20)13-8-9-15(26(2,23)24)14(10-13)18(21)22/h3-11H,1-2H3/t11-/m1/s1. The van der Waals surface area contributed by atoms with Crippen LogP contribution in [0.4, 0.5) is 5.69 Å². The van der Waals surface area contributed by atoms with Crippen LogP contribution in [0.1, 0.15) is 27.6 Å². The van der Waals surface area contributed by atoms with Gasteiger partial charge in [-0.05, 0) is 19.1 Å². The topological polar surface area (TPSA) is 121 Å². The van der Waals surface area contributed by atoms with Crippen molar-refractivity contribution >= 4 is 27.3 Å². The Morgan fingerprint density at radius 3 is 2.23 bits per heavy atom. The third-order valence-corrected chi connectivity index (χ3v) is 4.65. The van der Waals surface area contributed by atoms with E-state index in [0.29, 0.717) is 5.56 Å². The molecule has 8 nitrogen and oxygen atoms in total. The van der Waals surface area contributed by atoms with E-state index in [2.05, 4.69) is 0 Å². The van der Waals surface area contributed by atoms with Crippen LogP contribution < -0.4 is 0 Å². The molecule has 0 fully saturated rings. The first kappa shape index (κ1) is 19.3. The number of carbonyl (C=O) groups is 2. The van der Waals surface area contributed by atoms with Crippen LogP contribution in [0.5, 0.6) is 0 Å². The van der Waals surface area contributed by atoms with Crippen molar-refractivity contribution in [2.75, 3.05) is 6.26 Å². The Labute approximate surface area is 149 Å². The maximum atomic E-state index is 12.2. The number of hydrogen-bond acceptors (Lipinski definition) is 7. The largest absolute Gasteiger partial charge is 0.451 e. The van der Waals surface area contributed by atoms with Crippen molar-refractivity contribution in [3.8, 4) is 0 Å². The lowest BCUT2D eigenvalue weighted by Crippen LogP contribution is -2.24. The van der Waals surface area contributed by atoms with E-state index in [-0.39, 0.29) is 5.56 Å². The predicted octanol–water partition coefficient (Wildman–Crippen LogP) is 2.43. The zero-order chi connectivity index (χ0) is 19.5. The Balaban J connectivity index is 2.26. The quantitative estimate of drug-likeness (QED) is 0.328. The van der Waals surface area contributed by atoms with Gasteiger partial charge in [-0.1, -0.05) is 30.3 Å². The SMILES string of the molecule is C[C@@H](OC(=O)c1ccc(S(C)(=O)=O)c([N+](=O)[O-])c1)C(=O)c1ccccc1. The molecule has 0 heterocycles. The van der Waals surface area contributed by atoms with Gasteiger partial charge < -0.3 is 4.74 Å². The number of ether oxygens (including phenoxy) is 1. The van der Waals surface area contributed by atoms with Crippen LogP contribution >= 0.6 is 0 Å². The van der Waals surface area contributed by atoms with Gasteiger partial charge >= 0.3 is 5.97 Å². The summed E-state index contributed by atoms with van der Waals surface area (Å²) in [6.07, 6.45) is -0.285. The average Bonchev–Trinajstić information content (AvgIpc) is 2.60. The van der Waals surface area contributed by atoms with E-state index in [1.807, 2.05) is 0 Å². The Morgan fingerprint density at radius 1 is 1.08 bits per heavy atom. The van der Waals surface area contributed by atoms with Crippen LogP contribution in [0.15, 0.2) is 53.4 Å². The Morgan fingerprint density at radius 2 is 1.69 bits per heavy atom. The van der Waals surface area contributed by atoms with E-state index in [1.54, 1.807) is 30.3 Å². The number of hydrogen-bond donors (Lipinski definition) is 0. The van der Waals surface area contributed by atoms with Gasteiger partial charge in [0.2, 0.25) is 5.78 Å². The van der Waals surface area contributed by atoms with E-state index in [4.69, 9.17) is 4.74 Å². The van der Waals surface area contributed by atoms with Gasteiger partial charge in [-0.25, -0.2) is 13.2 Å². The first-order chi connectivity index (χ1) is 12.1. The van der Waals surface area contributed by atoms with Crippen molar-refractivity contribution in [2.45, 2.75) is 17.9 Å². The molecule has 2 rings (SSSR count). The van der Waals surface area contributed by atoms with Crippen LogP contribution in [0, 0.1) is 10.1 Å². The molecule has 0 aromatic heterocycles. The van der Waals surface area contributed by atoms with Crippen LogP contribution in [-0.4, -0.2) is 37.5 Å². The number of ketones is 1. The molecule has 0 unspecified atom stereocenters. The Bertz CT molecular complexity index is 968. The van der Waals surface area contributed by atoms with E-state index >= 15 is 0 Å². The normalized spacial score (nSPS) is 12.2. The lowest BCUT2D eigenvalue weighted by molar-refractivity contribution is -0.387. The summed E-state index contributed by atoms with van der Waals surface area (Å²) in [6.45, 7) is 1.38. The zero-order valence-corrected chi connectivity index (χ0v) is 14.7. The third kappa shape index (κ3) is 4.31. The fraction of sp³-hybridized carbons (Fsp3) is 0.176. The Kier molecular flexibility index (Phi) is 5.51. The molecule has 0 saturated heterocycles. The van der Waals surface area contributed by atoms with Crippen LogP contribution in [-0.2, 0) is 14.6 Å². The number of esters is 1. The molecule has 0 aliphatic heterocycles. The van der Waals surface area contributed by atoms with Crippen molar-refractivity contribution < 1.29 is 27.7 Å². The van der Waals surface area contributed by atoms with Gasteiger partial charge in [0.15, 0.2) is 15.9 Å². The predicted molar refractivity (Wildman–Crippen MR) is 91.9 cm³/mol. The minimum atomic E-state index is -3.84. The van der Waals surface area contributed by atoms with E-state index in [9.17, 15) is 28.1 Å². The summed E-state index contributed by atoms with van der Waals surface area (Å²) in [5.41, 5.74) is -0.605. The number of nitro groups is 1. The highest BCUT2D eigenvalue weighted by Gasteiger charge is 2.26. The number of Topliss-reactive ketones (excluding diaryl/α,β-unsaturated/α-hetero) is 1. The number of carbonyl (C=O) groups excluding carboxylic acids is 2. The van der Waals surface area contributed by atoms with Crippen molar-refractivity contribution in [1.82, 2.24) is 0 Å².